The lowest BCUT2D eigenvalue weighted by Crippen LogP contribution is -2.36. The largest absolute Gasteiger partial charge is 0.341 e. The molecule has 0 fully saturated rings. The third-order valence-electron chi connectivity index (χ3n) is 2.91. The number of aryl methyl sites for hydroxylation is 1. The molecule has 14 heavy (non-hydrogen) atoms. The fourth-order valence-corrected chi connectivity index (χ4v) is 1.37. The Labute approximate surface area is 85.7 Å². The van der Waals surface area contributed by atoms with Gasteiger partial charge in [-0.15, -0.1) is 0 Å². The number of aromatic nitrogens is 2. The number of likely N-dealkylation sites (N-methyl/N-ethyl adjacent to an activating group) is 1. The lowest BCUT2D eigenvalue weighted by molar-refractivity contribution is 0.661. The van der Waals surface area contributed by atoms with Gasteiger partial charge in [0.15, 0.2) is 0 Å². The van der Waals surface area contributed by atoms with Gasteiger partial charge in [0.1, 0.15) is 0 Å². The smallest absolute Gasteiger partial charge is 0.205 e. The zero-order valence-corrected chi connectivity index (χ0v) is 9.70. The van der Waals surface area contributed by atoms with Crippen LogP contribution in [0.25, 0.3) is 0 Å². The Kier molecular flexibility index (Phi) is 3.16. The van der Waals surface area contributed by atoms with Crippen LogP contribution < -0.4 is 10.6 Å². The van der Waals surface area contributed by atoms with Crippen molar-refractivity contribution in [3.05, 3.63) is 11.4 Å². The summed E-state index contributed by atoms with van der Waals surface area (Å²) in [7, 11) is 4.06. The molecule has 0 amide bonds. The van der Waals surface area contributed by atoms with Crippen molar-refractivity contribution in [2.24, 2.45) is 12.8 Å². The first-order chi connectivity index (χ1) is 6.49. The second kappa shape index (κ2) is 4.00. The molecule has 0 spiro atoms. The monoisotopic (exact) mass is 196 g/mol. The quantitative estimate of drug-likeness (QED) is 0.778. The highest BCUT2D eigenvalue weighted by Gasteiger charge is 2.15. The molecular formula is C10H20N4. The van der Waals surface area contributed by atoms with Gasteiger partial charge >= 0.3 is 0 Å². The van der Waals surface area contributed by atoms with E-state index in [4.69, 9.17) is 5.73 Å². The van der Waals surface area contributed by atoms with Crippen LogP contribution in [0.3, 0.4) is 0 Å². The number of hydrogen-bond donors (Lipinski definition) is 1. The first-order valence-corrected chi connectivity index (χ1v) is 4.91. The molecule has 1 aromatic rings. The summed E-state index contributed by atoms with van der Waals surface area (Å²) in [6.45, 7) is 6.84. The van der Waals surface area contributed by atoms with Crippen molar-refractivity contribution >= 4 is 5.95 Å². The van der Waals surface area contributed by atoms with Crippen LogP contribution in [0.1, 0.15) is 18.3 Å². The molecule has 0 radical (unpaired) electrons. The molecule has 0 aliphatic carbocycles. The van der Waals surface area contributed by atoms with Crippen LogP contribution in [0.5, 0.6) is 0 Å². The van der Waals surface area contributed by atoms with Crippen molar-refractivity contribution < 1.29 is 0 Å². The minimum absolute atomic E-state index is 0.315. The van der Waals surface area contributed by atoms with Gasteiger partial charge in [-0.1, -0.05) is 0 Å². The summed E-state index contributed by atoms with van der Waals surface area (Å²) < 4.78 is 2.10. The number of anilines is 1. The van der Waals surface area contributed by atoms with E-state index in [-0.39, 0.29) is 0 Å². The maximum absolute atomic E-state index is 5.63. The fourth-order valence-electron chi connectivity index (χ4n) is 1.37. The molecule has 0 aromatic carbocycles. The molecule has 80 valence electrons. The fraction of sp³-hybridized carbons (Fsp3) is 0.700. The first kappa shape index (κ1) is 11.0. The minimum Gasteiger partial charge on any atom is -0.341 e. The number of imidazole rings is 1. The Morgan fingerprint density at radius 1 is 1.50 bits per heavy atom. The second-order valence-corrected chi connectivity index (χ2v) is 3.84. The van der Waals surface area contributed by atoms with Crippen LogP contribution >= 0.6 is 0 Å². The van der Waals surface area contributed by atoms with Crippen LogP contribution in [0.4, 0.5) is 5.95 Å². The van der Waals surface area contributed by atoms with E-state index in [1.54, 1.807) is 0 Å². The van der Waals surface area contributed by atoms with E-state index in [2.05, 4.69) is 28.3 Å². The van der Waals surface area contributed by atoms with Crippen molar-refractivity contribution in [3.8, 4) is 0 Å². The van der Waals surface area contributed by atoms with Gasteiger partial charge in [0.25, 0.3) is 0 Å². The molecule has 4 heteroatoms. The van der Waals surface area contributed by atoms with E-state index < -0.39 is 0 Å². The summed E-state index contributed by atoms with van der Waals surface area (Å²) in [6, 6.07) is 0.315. The highest BCUT2D eigenvalue weighted by Crippen LogP contribution is 2.17. The van der Waals surface area contributed by atoms with Gasteiger partial charge < -0.3 is 15.2 Å². The van der Waals surface area contributed by atoms with Crippen LogP contribution in [0.15, 0.2) is 0 Å². The molecule has 0 bridgehead atoms. The van der Waals surface area contributed by atoms with Crippen molar-refractivity contribution in [3.63, 3.8) is 0 Å². The maximum Gasteiger partial charge on any atom is 0.205 e. The van der Waals surface area contributed by atoms with Gasteiger partial charge in [0.05, 0.1) is 5.69 Å². The van der Waals surface area contributed by atoms with E-state index in [0.29, 0.717) is 12.6 Å². The van der Waals surface area contributed by atoms with Crippen molar-refractivity contribution in [1.82, 2.24) is 9.55 Å². The Bertz CT molecular complexity index is 316. The molecule has 2 N–H and O–H groups in total. The third kappa shape index (κ3) is 1.75. The van der Waals surface area contributed by atoms with E-state index in [1.807, 2.05) is 21.0 Å². The molecule has 0 aliphatic heterocycles. The SMILES string of the molecule is Cc1nc(N(C)C(C)CN)n(C)c1C. The number of rotatable bonds is 3. The summed E-state index contributed by atoms with van der Waals surface area (Å²) in [5.74, 6) is 0.984. The molecule has 1 rings (SSSR count). The topological polar surface area (TPSA) is 47.1 Å². The van der Waals surface area contributed by atoms with Gasteiger partial charge in [-0.05, 0) is 20.8 Å². The Balaban J connectivity index is 3.01. The number of hydrogen-bond acceptors (Lipinski definition) is 3. The Hall–Kier alpha value is -1.03. The molecule has 1 atom stereocenters. The normalized spacial score (nSPS) is 13.0. The summed E-state index contributed by atoms with van der Waals surface area (Å²) >= 11 is 0. The molecule has 0 aliphatic rings. The number of nitrogens with two attached hydrogens (primary N) is 1. The summed E-state index contributed by atoms with van der Waals surface area (Å²) in [5.41, 5.74) is 7.91. The second-order valence-electron chi connectivity index (χ2n) is 3.84. The summed E-state index contributed by atoms with van der Waals surface area (Å²) in [6.07, 6.45) is 0. The molecule has 4 nitrogen and oxygen atoms in total. The Morgan fingerprint density at radius 2 is 2.07 bits per heavy atom. The standard InChI is InChI=1S/C10H20N4/c1-7(6-11)13(4)10-12-8(2)9(3)14(10)5/h7H,6,11H2,1-5H3. The van der Waals surface area contributed by atoms with Crippen LogP contribution in [0, 0.1) is 13.8 Å². The lowest BCUT2D eigenvalue weighted by atomic mass is 10.3. The number of nitrogens with zero attached hydrogens (tertiary/aromatic N) is 3. The third-order valence-corrected chi connectivity index (χ3v) is 2.91. The zero-order chi connectivity index (χ0) is 10.9. The highest BCUT2D eigenvalue weighted by atomic mass is 15.3. The Morgan fingerprint density at radius 3 is 2.43 bits per heavy atom. The van der Waals surface area contributed by atoms with Crippen molar-refractivity contribution in [2.45, 2.75) is 26.8 Å². The molecule has 1 unspecified atom stereocenters. The van der Waals surface area contributed by atoms with Gasteiger partial charge in [0, 0.05) is 32.4 Å². The molecule has 0 saturated heterocycles. The summed E-state index contributed by atoms with van der Waals surface area (Å²) in [4.78, 5) is 6.62. The minimum atomic E-state index is 0.315. The maximum atomic E-state index is 5.63. The van der Waals surface area contributed by atoms with Gasteiger partial charge in [-0.2, -0.15) is 0 Å². The molecule has 1 heterocycles. The summed E-state index contributed by atoms with van der Waals surface area (Å²) in [5, 5.41) is 0. The van der Waals surface area contributed by atoms with Crippen molar-refractivity contribution in [1.29, 1.82) is 0 Å². The van der Waals surface area contributed by atoms with Gasteiger partial charge in [-0.3, -0.25) is 0 Å². The lowest BCUT2D eigenvalue weighted by Gasteiger charge is -2.24. The van der Waals surface area contributed by atoms with E-state index in [0.717, 1.165) is 11.6 Å². The molecular weight excluding hydrogens is 176 g/mol. The predicted molar refractivity (Wildman–Crippen MR) is 59.6 cm³/mol. The first-order valence-electron chi connectivity index (χ1n) is 4.91. The van der Waals surface area contributed by atoms with E-state index >= 15 is 0 Å². The molecule has 1 aromatic heterocycles. The average Bonchev–Trinajstić information content (AvgIpc) is 2.43. The van der Waals surface area contributed by atoms with E-state index in [9.17, 15) is 0 Å². The van der Waals surface area contributed by atoms with Gasteiger partial charge in [0.2, 0.25) is 5.95 Å². The molecule has 0 saturated carbocycles. The zero-order valence-electron chi connectivity index (χ0n) is 9.70. The average molecular weight is 196 g/mol. The van der Waals surface area contributed by atoms with Crippen LogP contribution in [-0.4, -0.2) is 29.2 Å². The van der Waals surface area contributed by atoms with E-state index in [1.165, 1.54) is 5.69 Å². The van der Waals surface area contributed by atoms with Gasteiger partial charge in [-0.25, -0.2) is 4.98 Å². The van der Waals surface area contributed by atoms with Crippen LogP contribution in [-0.2, 0) is 7.05 Å². The van der Waals surface area contributed by atoms with Crippen molar-refractivity contribution in [2.75, 3.05) is 18.5 Å². The highest BCUT2D eigenvalue weighted by molar-refractivity contribution is 5.36. The van der Waals surface area contributed by atoms with Crippen LogP contribution in [0.2, 0.25) is 0 Å². The predicted octanol–water partition coefficient (Wildman–Crippen LogP) is 0.820.